The number of anilines is 1. The van der Waals surface area contributed by atoms with Gasteiger partial charge in [-0.25, -0.2) is 14.8 Å². The molecule has 3 aromatic rings. The van der Waals surface area contributed by atoms with Gasteiger partial charge in [0, 0.05) is 30.8 Å². The van der Waals surface area contributed by atoms with Crippen molar-refractivity contribution in [2.75, 3.05) is 25.1 Å². The van der Waals surface area contributed by atoms with Crippen molar-refractivity contribution >= 4 is 29.2 Å². The first-order valence-electron chi connectivity index (χ1n) is 19.0. The van der Waals surface area contributed by atoms with E-state index in [0.717, 1.165) is 60.5 Å². The molecule has 2 amide bonds. The van der Waals surface area contributed by atoms with Crippen LogP contribution in [0.15, 0.2) is 42.7 Å². The number of pyridine rings is 1. The second kappa shape index (κ2) is 13.2. The number of aromatic nitrogens is 2. The summed E-state index contributed by atoms with van der Waals surface area (Å²) in [7, 11) is 1.73. The molecule has 6 aliphatic rings. The third-order valence-corrected chi connectivity index (χ3v) is 14.5. The van der Waals surface area contributed by atoms with Crippen LogP contribution >= 0.6 is 11.3 Å². The van der Waals surface area contributed by atoms with E-state index in [9.17, 15) is 14.7 Å². The van der Waals surface area contributed by atoms with E-state index in [0.29, 0.717) is 44.7 Å². The van der Waals surface area contributed by atoms with Gasteiger partial charge >= 0.3 is 6.09 Å². The molecule has 5 saturated carbocycles. The molecule has 1 unspecified atom stereocenters. The molecule has 3 heterocycles. The predicted octanol–water partition coefficient (Wildman–Crippen LogP) is 8.18. The molecule has 0 spiro atoms. The molecule has 1 N–H and O–H groups in total. The molecule has 1 aliphatic heterocycles. The van der Waals surface area contributed by atoms with Crippen LogP contribution in [0.4, 0.5) is 10.6 Å². The Hall–Kier alpha value is -3.50. The first-order chi connectivity index (χ1) is 24.5. The summed E-state index contributed by atoms with van der Waals surface area (Å²) in [5, 5.41) is 11.3. The molecule has 1 atom stereocenters. The van der Waals surface area contributed by atoms with Crippen LogP contribution in [0, 0.1) is 18.3 Å². The fourth-order valence-corrected chi connectivity index (χ4v) is 10.4. The number of likely N-dealkylation sites (tertiary alicyclic amines) is 1. The van der Waals surface area contributed by atoms with Crippen molar-refractivity contribution in [1.82, 2.24) is 14.9 Å². The summed E-state index contributed by atoms with van der Waals surface area (Å²) in [4.78, 5) is 42.0. The molecule has 9 nitrogen and oxygen atoms in total. The van der Waals surface area contributed by atoms with E-state index in [2.05, 4.69) is 31.2 Å². The fraction of sp³-hybridized carbons (Fsp3) is 0.610. The van der Waals surface area contributed by atoms with Crippen molar-refractivity contribution in [1.29, 1.82) is 0 Å². The number of nitrogens with zero attached hydrogens (tertiary/aromatic N) is 4. The van der Waals surface area contributed by atoms with Crippen LogP contribution in [0.25, 0.3) is 10.4 Å². The van der Waals surface area contributed by atoms with Gasteiger partial charge in [0.05, 0.1) is 35.2 Å². The van der Waals surface area contributed by atoms with Crippen LogP contribution in [-0.2, 0) is 14.9 Å². The smallest absolute Gasteiger partial charge is 0.410 e. The number of β-amino-alcohol motifs (C(OH)–C–C–N with tert-alkyl or cyclic N) is 1. The zero-order valence-electron chi connectivity index (χ0n) is 30.5. The summed E-state index contributed by atoms with van der Waals surface area (Å²) in [6.07, 6.45) is 14.4. The summed E-state index contributed by atoms with van der Waals surface area (Å²) in [6, 6.07) is 10.9. The summed E-state index contributed by atoms with van der Waals surface area (Å²) >= 11 is 1.76. The van der Waals surface area contributed by atoms with Crippen LogP contribution in [-0.4, -0.2) is 69.9 Å². The number of aryl methyl sites for hydroxylation is 1. The summed E-state index contributed by atoms with van der Waals surface area (Å²) in [6.45, 7) is 6.82. The van der Waals surface area contributed by atoms with E-state index in [-0.39, 0.29) is 34.9 Å². The second-order valence-electron chi connectivity index (χ2n) is 16.8. The first-order valence-corrected chi connectivity index (χ1v) is 19.9. The predicted molar refractivity (Wildman–Crippen MR) is 198 cm³/mol. The lowest BCUT2D eigenvalue weighted by atomic mass is 9.51. The molecule has 51 heavy (non-hydrogen) atoms. The molecule has 9 rings (SSSR count). The molecule has 0 radical (unpaired) electrons. The van der Waals surface area contributed by atoms with E-state index < -0.39 is 11.6 Å². The van der Waals surface area contributed by atoms with Crippen molar-refractivity contribution < 1.29 is 24.2 Å². The Morgan fingerprint density at radius 3 is 2.33 bits per heavy atom. The summed E-state index contributed by atoms with van der Waals surface area (Å²) in [5.74, 6) is 2.26. The average Bonchev–Trinajstić information content (AvgIpc) is 3.89. The highest BCUT2D eigenvalue weighted by Crippen LogP contribution is 2.58. The van der Waals surface area contributed by atoms with Gasteiger partial charge in [-0.1, -0.05) is 12.1 Å². The zero-order chi connectivity index (χ0) is 35.5. The van der Waals surface area contributed by atoms with Crippen molar-refractivity contribution in [3.63, 3.8) is 0 Å². The normalized spacial score (nSPS) is 29.7. The second-order valence-corrected chi connectivity index (χ2v) is 17.8. The Morgan fingerprint density at radius 2 is 1.71 bits per heavy atom. The summed E-state index contributed by atoms with van der Waals surface area (Å²) < 4.78 is 11.5. The molecular weight excluding hydrogens is 661 g/mol. The minimum Gasteiger partial charge on any atom is -0.496 e. The van der Waals surface area contributed by atoms with Crippen LogP contribution in [0.1, 0.15) is 113 Å². The minimum atomic E-state index is -0.615. The number of fused-ring (bicyclic) bond motifs is 3. The largest absolute Gasteiger partial charge is 0.496 e. The van der Waals surface area contributed by atoms with Crippen LogP contribution in [0.3, 0.4) is 0 Å². The Kier molecular flexibility index (Phi) is 8.93. The van der Waals surface area contributed by atoms with E-state index in [1.165, 1.54) is 29.0 Å². The van der Waals surface area contributed by atoms with Crippen molar-refractivity contribution in [2.45, 2.75) is 127 Å². The van der Waals surface area contributed by atoms with E-state index in [1.54, 1.807) is 23.3 Å². The number of carbonyl (C=O) groups is 2. The number of amides is 2. The topological polar surface area (TPSA) is 105 Å². The number of methoxy groups -OCH3 is 1. The molecule has 2 bridgehead atoms. The third-order valence-electron chi connectivity index (χ3n) is 13.3. The number of thiazole rings is 1. The highest BCUT2D eigenvalue weighted by Gasteiger charge is 2.52. The maximum atomic E-state index is 14.7. The standard InChI is InChI=1S/C41H52N4O5S/c1-26-21-30(9-12-32(26)49-4)41-17-14-40(15-18-41,16-19-41)25-44(35-22-29(13-20-42-35)33-23-43-36(51-33)27-5-6-27)37(47)28-7-10-31(11-8-28)50-38(48)45-24-34(46)39(45,2)3/h9,12-13,20-23,27-28,31,34,46H,5-8,10-11,14-19,24-25H2,1-4H3. The van der Waals surface area contributed by atoms with Gasteiger partial charge in [0.25, 0.3) is 0 Å². The van der Waals surface area contributed by atoms with Gasteiger partial charge < -0.3 is 14.6 Å². The number of carbonyl (C=O) groups excluding carboxylic acids is 2. The van der Waals surface area contributed by atoms with Crippen LogP contribution < -0.4 is 9.64 Å². The molecule has 2 aromatic heterocycles. The van der Waals surface area contributed by atoms with Gasteiger partial charge in [0.1, 0.15) is 17.7 Å². The van der Waals surface area contributed by atoms with Crippen LogP contribution in [0.5, 0.6) is 5.75 Å². The van der Waals surface area contributed by atoms with Gasteiger partial charge in [-0.05, 0) is 144 Å². The molecule has 10 heteroatoms. The lowest BCUT2D eigenvalue weighted by Crippen LogP contribution is -2.69. The third kappa shape index (κ3) is 6.45. The Bertz CT molecular complexity index is 1770. The molecule has 272 valence electrons. The maximum Gasteiger partial charge on any atom is 0.410 e. The molecule has 5 aliphatic carbocycles. The number of ether oxygens (including phenoxy) is 2. The van der Waals surface area contributed by atoms with E-state index >= 15 is 0 Å². The first kappa shape index (κ1) is 34.6. The van der Waals surface area contributed by atoms with Crippen molar-refractivity contribution in [3.05, 3.63) is 58.9 Å². The van der Waals surface area contributed by atoms with E-state index in [1.807, 2.05) is 37.2 Å². The lowest BCUT2D eigenvalue weighted by molar-refractivity contribution is -0.125. The molecular formula is C41H52N4O5S. The number of hydrogen-bond acceptors (Lipinski definition) is 8. The van der Waals surface area contributed by atoms with Gasteiger partial charge in [-0.15, -0.1) is 11.3 Å². The average molecular weight is 713 g/mol. The van der Waals surface area contributed by atoms with Gasteiger partial charge in [-0.2, -0.15) is 0 Å². The van der Waals surface area contributed by atoms with Crippen LogP contribution in [0.2, 0.25) is 0 Å². The van der Waals surface area contributed by atoms with Crippen molar-refractivity contribution in [2.24, 2.45) is 11.3 Å². The Morgan fingerprint density at radius 1 is 0.980 bits per heavy atom. The van der Waals surface area contributed by atoms with Crippen molar-refractivity contribution in [3.8, 4) is 16.2 Å². The lowest BCUT2D eigenvalue weighted by Gasteiger charge is -2.55. The molecule has 6 fully saturated rings. The van der Waals surface area contributed by atoms with E-state index in [4.69, 9.17) is 19.4 Å². The van der Waals surface area contributed by atoms with Gasteiger partial charge in [0.15, 0.2) is 0 Å². The quantitative estimate of drug-likeness (QED) is 0.239. The number of rotatable bonds is 9. The molecule has 1 aromatic carbocycles. The number of hydrogen-bond donors (Lipinski definition) is 1. The number of benzene rings is 1. The highest BCUT2D eigenvalue weighted by molar-refractivity contribution is 7.15. The zero-order valence-corrected chi connectivity index (χ0v) is 31.3. The Labute approximate surface area is 305 Å². The molecule has 1 saturated heterocycles. The maximum absolute atomic E-state index is 14.7. The van der Waals surface area contributed by atoms with Gasteiger partial charge in [0.2, 0.25) is 5.91 Å². The number of aliphatic hydroxyl groups is 1. The fourth-order valence-electron chi connectivity index (χ4n) is 9.27. The SMILES string of the molecule is COc1ccc(C23CCC(CN(C(=O)C4CCC(OC(=O)N5CC(O)C5(C)C)CC4)c4cc(-c5cnc(C6CC6)s5)ccn4)(CC2)CC3)cc1C. The summed E-state index contributed by atoms with van der Waals surface area (Å²) in [5.41, 5.74) is 3.31. The monoisotopic (exact) mass is 712 g/mol. The highest BCUT2D eigenvalue weighted by atomic mass is 32.1. The Balaban J connectivity index is 0.999. The van der Waals surface area contributed by atoms with Gasteiger partial charge in [-0.3, -0.25) is 14.6 Å². The number of aliphatic hydroxyl groups excluding tert-OH is 1. The minimum absolute atomic E-state index is 0.0571.